The Kier molecular flexibility index (Phi) is 5.37. The maximum atomic E-state index is 9.93. The van der Waals surface area contributed by atoms with Gasteiger partial charge < -0.3 is 5.11 Å². The van der Waals surface area contributed by atoms with E-state index >= 15 is 0 Å². The highest BCUT2D eigenvalue weighted by atomic mass is 79.9. The van der Waals surface area contributed by atoms with Crippen molar-refractivity contribution in [2.45, 2.75) is 18.9 Å². The number of hydrogen-bond acceptors (Lipinski definition) is 1. The Morgan fingerprint density at radius 1 is 1.00 bits per heavy atom. The minimum Gasteiger partial charge on any atom is -0.389 e. The van der Waals surface area contributed by atoms with Crippen molar-refractivity contribution in [2.24, 2.45) is 0 Å². The van der Waals surface area contributed by atoms with E-state index in [1.807, 2.05) is 54.6 Å². The van der Waals surface area contributed by atoms with Gasteiger partial charge in [-0.15, -0.1) is 0 Å². The average molecular weight is 317 g/mol. The third-order valence-corrected chi connectivity index (χ3v) is 3.48. The van der Waals surface area contributed by atoms with Gasteiger partial charge in [-0.2, -0.15) is 0 Å². The van der Waals surface area contributed by atoms with Gasteiger partial charge in [-0.25, -0.2) is 0 Å². The van der Waals surface area contributed by atoms with Gasteiger partial charge in [-0.05, 0) is 36.1 Å². The SMILES string of the molecule is O[C@@H](/C=C/c1ccccc1)CCc1ccc(Br)cc1. The fraction of sp³-hybridized carbons (Fsp3) is 0.176. The second-order valence-electron chi connectivity index (χ2n) is 4.50. The second kappa shape index (κ2) is 7.27. The lowest BCUT2D eigenvalue weighted by molar-refractivity contribution is 0.214. The first-order valence-corrected chi connectivity index (χ1v) is 7.19. The predicted molar refractivity (Wildman–Crippen MR) is 83.9 cm³/mol. The number of benzene rings is 2. The van der Waals surface area contributed by atoms with Crippen LogP contribution in [-0.4, -0.2) is 11.2 Å². The average Bonchev–Trinajstić information content (AvgIpc) is 2.45. The van der Waals surface area contributed by atoms with E-state index in [0.29, 0.717) is 0 Å². The molecule has 19 heavy (non-hydrogen) atoms. The number of rotatable bonds is 5. The van der Waals surface area contributed by atoms with Gasteiger partial charge in [0.15, 0.2) is 0 Å². The molecule has 0 bridgehead atoms. The number of hydrogen-bond donors (Lipinski definition) is 1. The van der Waals surface area contributed by atoms with Crippen LogP contribution >= 0.6 is 15.9 Å². The molecule has 0 unspecified atom stereocenters. The highest BCUT2D eigenvalue weighted by molar-refractivity contribution is 9.10. The van der Waals surface area contributed by atoms with E-state index in [0.717, 1.165) is 22.9 Å². The zero-order valence-electron chi connectivity index (χ0n) is 10.7. The van der Waals surface area contributed by atoms with Crippen LogP contribution in [0.5, 0.6) is 0 Å². The molecule has 0 radical (unpaired) electrons. The fourth-order valence-corrected chi connectivity index (χ4v) is 2.11. The zero-order valence-corrected chi connectivity index (χ0v) is 12.3. The number of aliphatic hydroxyl groups is 1. The van der Waals surface area contributed by atoms with E-state index in [4.69, 9.17) is 0 Å². The fourth-order valence-electron chi connectivity index (χ4n) is 1.85. The van der Waals surface area contributed by atoms with Crippen LogP contribution in [0.15, 0.2) is 65.1 Å². The highest BCUT2D eigenvalue weighted by Crippen LogP contribution is 2.13. The van der Waals surface area contributed by atoms with Crippen LogP contribution in [0.25, 0.3) is 6.08 Å². The molecule has 2 aromatic carbocycles. The summed E-state index contributed by atoms with van der Waals surface area (Å²) in [7, 11) is 0. The van der Waals surface area contributed by atoms with Crippen molar-refractivity contribution >= 4 is 22.0 Å². The Morgan fingerprint density at radius 3 is 2.37 bits per heavy atom. The number of aliphatic hydroxyl groups excluding tert-OH is 1. The number of aryl methyl sites for hydroxylation is 1. The van der Waals surface area contributed by atoms with Crippen LogP contribution in [0.1, 0.15) is 17.5 Å². The smallest absolute Gasteiger partial charge is 0.0727 e. The number of halogens is 1. The molecule has 98 valence electrons. The first kappa shape index (κ1) is 14.0. The van der Waals surface area contributed by atoms with Crippen LogP contribution < -0.4 is 0 Å². The van der Waals surface area contributed by atoms with E-state index in [2.05, 4.69) is 28.1 Å². The predicted octanol–water partition coefficient (Wildman–Crippen LogP) is 4.46. The summed E-state index contributed by atoms with van der Waals surface area (Å²) in [6.45, 7) is 0. The van der Waals surface area contributed by atoms with Crippen molar-refractivity contribution in [2.75, 3.05) is 0 Å². The molecular formula is C17H17BrO. The van der Waals surface area contributed by atoms with Crippen LogP contribution in [0, 0.1) is 0 Å². The molecule has 0 amide bonds. The van der Waals surface area contributed by atoms with Crippen molar-refractivity contribution in [1.82, 2.24) is 0 Å². The maximum Gasteiger partial charge on any atom is 0.0727 e. The van der Waals surface area contributed by atoms with Gasteiger partial charge in [0, 0.05) is 4.47 Å². The van der Waals surface area contributed by atoms with Gasteiger partial charge in [0.05, 0.1) is 6.10 Å². The van der Waals surface area contributed by atoms with Crippen molar-refractivity contribution < 1.29 is 5.11 Å². The Morgan fingerprint density at radius 2 is 1.68 bits per heavy atom. The summed E-state index contributed by atoms with van der Waals surface area (Å²) in [5.41, 5.74) is 2.36. The topological polar surface area (TPSA) is 20.2 Å². The molecule has 1 N–H and O–H groups in total. The summed E-state index contributed by atoms with van der Waals surface area (Å²) >= 11 is 3.42. The first-order chi connectivity index (χ1) is 9.24. The molecule has 2 heteroatoms. The largest absolute Gasteiger partial charge is 0.389 e. The van der Waals surface area contributed by atoms with Gasteiger partial charge in [0.2, 0.25) is 0 Å². The molecule has 1 atom stereocenters. The molecule has 1 nitrogen and oxygen atoms in total. The third-order valence-electron chi connectivity index (χ3n) is 2.95. The minimum atomic E-state index is -0.399. The molecule has 0 spiro atoms. The lowest BCUT2D eigenvalue weighted by atomic mass is 10.1. The van der Waals surface area contributed by atoms with Gasteiger partial charge in [0.25, 0.3) is 0 Å². The molecule has 0 fully saturated rings. The lowest BCUT2D eigenvalue weighted by Gasteiger charge is -2.06. The Labute approximate surface area is 122 Å². The van der Waals surface area contributed by atoms with Gasteiger partial charge >= 0.3 is 0 Å². The normalized spacial score (nSPS) is 12.7. The Hall–Kier alpha value is -1.38. The van der Waals surface area contributed by atoms with Crippen LogP contribution in [-0.2, 0) is 6.42 Å². The summed E-state index contributed by atoms with van der Waals surface area (Å²) in [6, 6.07) is 18.2. The van der Waals surface area contributed by atoms with Gasteiger partial charge in [-0.3, -0.25) is 0 Å². The van der Waals surface area contributed by atoms with Crippen molar-refractivity contribution in [3.8, 4) is 0 Å². The molecule has 2 aromatic rings. The van der Waals surface area contributed by atoms with E-state index < -0.39 is 6.10 Å². The summed E-state index contributed by atoms with van der Waals surface area (Å²) in [5, 5.41) is 9.93. The van der Waals surface area contributed by atoms with E-state index in [9.17, 15) is 5.11 Å². The lowest BCUT2D eigenvalue weighted by Crippen LogP contribution is -2.03. The van der Waals surface area contributed by atoms with Gasteiger partial charge in [0.1, 0.15) is 0 Å². The van der Waals surface area contributed by atoms with Gasteiger partial charge in [-0.1, -0.05) is 70.5 Å². The Balaban J connectivity index is 1.83. The summed E-state index contributed by atoms with van der Waals surface area (Å²) < 4.78 is 1.08. The molecule has 0 aliphatic rings. The van der Waals surface area contributed by atoms with Crippen LogP contribution in [0.4, 0.5) is 0 Å². The van der Waals surface area contributed by atoms with Crippen molar-refractivity contribution in [1.29, 1.82) is 0 Å². The summed E-state index contributed by atoms with van der Waals surface area (Å²) in [6.07, 6.45) is 5.04. The monoisotopic (exact) mass is 316 g/mol. The summed E-state index contributed by atoms with van der Waals surface area (Å²) in [5.74, 6) is 0. The molecule has 0 aliphatic heterocycles. The molecular weight excluding hydrogens is 300 g/mol. The Bertz CT molecular complexity index is 517. The minimum absolute atomic E-state index is 0.399. The quantitative estimate of drug-likeness (QED) is 0.863. The standard InChI is InChI=1S/C17H17BrO/c18-16-10-6-15(7-11-16)9-13-17(19)12-8-14-4-2-1-3-5-14/h1-8,10-12,17,19H,9,13H2/b12-8+/t17-/m0/s1. The second-order valence-corrected chi connectivity index (χ2v) is 5.42. The van der Waals surface area contributed by atoms with E-state index in [1.165, 1.54) is 5.56 Å². The van der Waals surface area contributed by atoms with Crippen LogP contribution in [0.2, 0.25) is 0 Å². The molecule has 0 saturated heterocycles. The molecule has 2 rings (SSSR count). The van der Waals surface area contributed by atoms with Crippen molar-refractivity contribution in [3.05, 3.63) is 76.3 Å². The van der Waals surface area contributed by atoms with Crippen molar-refractivity contribution in [3.63, 3.8) is 0 Å². The molecule has 0 aliphatic carbocycles. The van der Waals surface area contributed by atoms with Crippen LogP contribution in [0.3, 0.4) is 0 Å². The third kappa shape index (κ3) is 5.01. The van der Waals surface area contributed by atoms with E-state index in [-0.39, 0.29) is 0 Å². The van der Waals surface area contributed by atoms with E-state index in [1.54, 1.807) is 0 Å². The first-order valence-electron chi connectivity index (χ1n) is 6.40. The zero-order chi connectivity index (χ0) is 13.5. The molecule has 0 heterocycles. The maximum absolute atomic E-state index is 9.93. The molecule has 0 aromatic heterocycles. The molecule has 0 saturated carbocycles. The highest BCUT2D eigenvalue weighted by Gasteiger charge is 2.00. The summed E-state index contributed by atoms with van der Waals surface area (Å²) in [4.78, 5) is 0.